The van der Waals surface area contributed by atoms with Gasteiger partial charge in [-0.05, 0) is 49.9 Å². The first-order chi connectivity index (χ1) is 7.79. The lowest BCUT2D eigenvalue weighted by Gasteiger charge is -2.27. The van der Waals surface area contributed by atoms with E-state index in [1.165, 1.54) is 24.8 Å². The van der Waals surface area contributed by atoms with Crippen molar-refractivity contribution >= 4 is 0 Å². The van der Waals surface area contributed by atoms with Gasteiger partial charge in [-0.1, -0.05) is 18.6 Å². The van der Waals surface area contributed by atoms with Gasteiger partial charge in [0, 0.05) is 6.04 Å². The van der Waals surface area contributed by atoms with Crippen molar-refractivity contribution in [3.05, 3.63) is 29.8 Å². The maximum Gasteiger partial charge on any atom is 0.118 e. The van der Waals surface area contributed by atoms with E-state index in [9.17, 15) is 0 Å². The third-order valence-electron chi connectivity index (χ3n) is 3.55. The highest BCUT2D eigenvalue weighted by Gasteiger charge is 2.17. The number of rotatable bonds is 5. The van der Waals surface area contributed by atoms with Crippen molar-refractivity contribution in [2.45, 2.75) is 32.2 Å². The van der Waals surface area contributed by atoms with E-state index in [0.717, 1.165) is 18.2 Å². The van der Waals surface area contributed by atoms with E-state index in [0.29, 0.717) is 6.04 Å². The Balaban J connectivity index is 1.84. The normalized spacial score (nSPS) is 17.9. The summed E-state index contributed by atoms with van der Waals surface area (Å²) in [6.45, 7) is 3.38. The molecule has 0 saturated heterocycles. The molecule has 1 N–H and O–H groups in total. The first-order valence-corrected chi connectivity index (χ1v) is 6.17. The minimum absolute atomic E-state index is 0.437. The molecule has 0 spiro atoms. The number of benzene rings is 1. The number of ether oxygens (including phenoxy) is 1. The van der Waals surface area contributed by atoms with E-state index in [1.54, 1.807) is 7.11 Å². The third-order valence-corrected chi connectivity index (χ3v) is 3.55. The van der Waals surface area contributed by atoms with Crippen LogP contribution in [0.2, 0.25) is 0 Å². The predicted molar refractivity (Wildman–Crippen MR) is 66.8 cm³/mol. The molecule has 0 amide bonds. The number of hydrogen-bond acceptors (Lipinski definition) is 2. The molecule has 0 radical (unpaired) electrons. The van der Waals surface area contributed by atoms with Gasteiger partial charge in [-0.15, -0.1) is 0 Å². The summed E-state index contributed by atoms with van der Waals surface area (Å²) in [5, 5.41) is 3.60. The standard InChI is InChI=1S/C14H21NO/c1-11(15-10-12-4-3-5-12)13-6-8-14(16-2)9-7-13/h6-9,11-12,15H,3-5,10H2,1-2H3/t11-/m0/s1. The van der Waals surface area contributed by atoms with Crippen LogP contribution in [-0.4, -0.2) is 13.7 Å². The van der Waals surface area contributed by atoms with Crippen molar-refractivity contribution < 1.29 is 4.74 Å². The molecule has 1 atom stereocenters. The van der Waals surface area contributed by atoms with Crippen LogP contribution in [0.25, 0.3) is 0 Å². The fraction of sp³-hybridized carbons (Fsp3) is 0.571. The highest BCUT2D eigenvalue weighted by molar-refractivity contribution is 5.28. The monoisotopic (exact) mass is 219 g/mol. The smallest absolute Gasteiger partial charge is 0.118 e. The van der Waals surface area contributed by atoms with Gasteiger partial charge < -0.3 is 10.1 Å². The molecule has 1 aromatic rings. The molecule has 0 aromatic heterocycles. The van der Waals surface area contributed by atoms with Crippen molar-refractivity contribution in [2.75, 3.05) is 13.7 Å². The van der Waals surface area contributed by atoms with Crippen molar-refractivity contribution in [2.24, 2.45) is 5.92 Å². The van der Waals surface area contributed by atoms with Gasteiger partial charge in [-0.25, -0.2) is 0 Å². The van der Waals surface area contributed by atoms with Crippen LogP contribution in [0.15, 0.2) is 24.3 Å². The summed E-state index contributed by atoms with van der Waals surface area (Å²) in [5.41, 5.74) is 1.33. The Hall–Kier alpha value is -1.02. The highest BCUT2D eigenvalue weighted by atomic mass is 16.5. The fourth-order valence-corrected chi connectivity index (χ4v) is 2.05. The Morgan fingerprint density at radius 1 is 1.31 bits per heavy atom. The maximum atomic E-state index is 5.15. The highest BCUT2D eigenvalue weighted by Crippen LogP contribution is 2.26. The van der Waals surface area contributed by atoms with Crippen LogP contribution in [0.1, 0.15) is 37.8 Å². The number of methoxy groups -OCH3 is 1. The van der Waals surface area contributed by atoms with Gasteiger partial charge in [-0.2, -0.15) is 0 Å². The van der Waals surface area contributed by atoms with Gasteiger partial charge in [0.25, 0.3) is 0 Å². The lowest BCUT2D eigenvalue weighted by Crippen LogP contribution is -2.29. The molecule has 0 heterocycles. The molecule has 2 rings (SSSR count). The van der Waals surface area contributed by atoms with Crippen LogP contribution >= 0.6 is 0 Å². The predicted octanol–water partition coefficient (Wildman–Crippen LogP) is 3.15. The van der Waals surface area contributed by atoms with Crippen LogP contribution in [-0.2, 0) is 0 Å². The quantitative estimate of drug-likeness (QED) is 0.821. The maximum absolute atomic E-state index is 5.15. The summed E-state index contributed by atoms with van der Waals surface area (Å²) in [7, 11) is 1.70. The summed E-state index contributed by atoms with van der Waals surface area (Å²) in [5.74, 6) is 1.84. The molecule has 1 fully saturated rings. The second-order valence-electron chi connectivity index (χ2n) is 4.70. The van der Waals surface area contributed by atoms with Gasteiger partial charge in [-0.3, -0.25) is 0 Å². The van der Waals surface area contributed by atoms with E-state index >= 15 is 0 Å². The first kappa shape index (κ1) is 11.5. The third kappa shape index (κ3) is 2.76. The molecule has 0 unspecified atom stereocenters. The van der Waals surface area contributed by atoms with Gasteiger partial charge in [0.2, 0.25) is 0 Å². The molecular formula is C14H21NO. The van der Waals surface area contributed by atoms with E-state index < -0.39 is 0 Å². The minimum atomic E-state index is 0.437. The molecule has 1 aliphatic rings. The fourth-order valence-electron chi connectivity index (χ4n) is 2.05. The zero-order valence-electron chi connectivity index (χ0n) is 10.2. The van der Waals surface area contributed by atoms with Crippen LogP contribution < -0.4 is 10.1 Å². The van der Waals surface area contributed by atoms with E-state index in [4.69, 9.17) is 4.74 Å². The Bertz CT molecular complexity index is 316. The minimum Gasteiger partial charge on any atom is -0.497 e. The number of hydrogen-bond donors (Lipinski definition) is 1. The summed E-state index contributed by atoms with van der Waals surface area (Å²) in [4.78, 5) is 0. The van der Waals surface area contributed by atoms with Crippen molar-refractivity contribution in [1.29, 1.82) is 0 Å². The lowest BCUT2D eigenvalue weighted by molar-refractivity contribution is 0.292. The molecule has 2 heteroatoms. The zero-order valence-corrected chi connectivity index (χ0v) is 10.2. The Kier molecular flexibility index (Phi) is 3.83. The molecule has 88 valence electrons. The van der Waals surface area contributed by atoms with E-state index in [2.05, 4.69) is 24.4 Å². The Morgan fingerprint density at radius 3 is 2.50 bits per heavy atom. The van der Waals surface area contributed by atoms with Crippen LogP contribution in [0, 0.1) is 5.92 Å². The molecule has 2 nitrogen and oxygen atoms in total. The molecule has 0 bridgehead atoms. The van der Waals surface area contributed by atoms with Crippen LogP contribution in [0.5, 0.6) is 5.75 Å². The topological polar surface area (TPSA) is 21.3 Å². The number of nitrogens with one attached hydrogen (secondary N) is 1. The van der Waals surface area contributed by atoms with Crippen LogP contribution in [0.4, 0.5) is 0 Å². The summed E-state index contributed by atoms with van der Waals surface area (Å²) in [6.07, 6.45) is 4.23. The van der Waals surface area contributed by atoms with E-state index in [-0.39, 0.29) is 0 Å². The Labute approximate surface area is 98.0 Å². The zero-order chi connectivity index (χ0) is 11.4. The Morgan fingerprint density at radius 2 is 2.00 bits per heavy atom. The second kappa shape index (κ2) is 5.35. The van der Waals surface area contributed by atoms with Crippen molar-refractivity contribution in [3.8, 4) is 5.75 Å². The molecule has 1 aliphatic carbocycles. The second-order valence-corrected chi connectivity index (χ2v) is 4.70. The molecule has 16 heavy (non-hydrogen) atoms. The van der Waals surface area contributed by atoms with Gasteiger partial charge in [0.15, 0.2) is 0 Å². The van der Waals surface area contributed by atoms with Gasteiger partial charge in [0.05, 0.1) is 7.11 Å². The first-order valence-electron chi connectivity index (χ1n) is 6.17. The van der Waals surface area contributed by atoms with Crippen molar-refractivity contribution in [1.82, 2.24) is 5.32 Å². The van der Waals surface area contributed by atoms with Crippen molar-refractivity contribution in [3.63, 3.8) is 0 Å². The average Bonchev–Trinajstić information content (AvgIpc) is 2.27. The molecule has 1 aromatic carbocycles. The summed E-state index contributed by atoms with van der Waals surface area (Å²) < 4.78 is 5.15. The van der Waals surface area contributed by atoms with Gasteiger partial charge in [0.1, 0.15) is 5.75 Å². The summed E-state index contributed by atoms with van der Waals surface area (Å²) >= 11 is 0. The van der Waals surface area contributed by atoms with Gasteiger partial charge >= 0.3 is 0 Å². The average molecular weight is 219 g/mol. The largest absolute Gasteiger partial charge is 0.497 e. The molecule has 1 saturated carbocycles. The van der Waals surface area contributed by atoms with E-state index in [1.807, 2.05) is 12.1 Å². The SMILES string of the molecule is COc1ccc([C@H](C)NCC2CCC2)cc1. The molecule has 0 aliphatic heterocycles. The lowest BCUT2D eigenvalue weighted by atomic mass is 9.85. The summed E-state index contributed by atoms with van der Waals surface area (Å²) in [6, 6.07) is 8.76. The molecular weight excluding hydrogens is 198 g/mol. The van der Waals surface area contributed by atoms with Crippen LogP contribution in [0.3, 0.4) is 0 Å².